The van der Waals surface area contributed by atoms with Crippen LogP contribution in [-0.4, -0.2) is 109 Å². The summed E-state index contributed by atoms with van der Waals surface area (Å²) < 4.78 is 26.9. The summed E-state index contributed by atoms with van der Waals surface area (Å²) in [5.41, 5.74) is 2.72. The summed E-state index contributed by atoms with van der Waals surface area (Å²) in [6, 6.07) is 8.50. The van der Waals surface area contributed by atoms with E-state index >= 15 is 0 Å². The molecule has 3 aromatic heterocycles. The van der Waals surface area contributed by atoms with Crippen LogP contribution in [0.2, 0.25) is 0 Å². The molecule has 1 atom stereocenters. The van der Waals surface area contributed by atoms with Crippen LogP contribution in [0, 0.1) is 11.3 Å². The lowest BCUT2D eigenvalue weighted by Crippen LogP contribution is -2.45. The highest BCUT2D eigenvalue weighted by atomic mass is 16.5. The van der Waals surface area contributed by atoms with E-state index in [1.165, 1.54) is 6.33 Å². The molecule has 6 rings (SSSR count). The Hall–Kier alpha value is -4.62. The molecule has 15 heteroatoms. The van der Waals surface area contributed by atoms with Gasteiger partial charge < -0.3 is 29.4 Å². The molecule has 1 aliphatic heterocycles. The van der Waals surface area contributed by atoms with Crippen molar-refractivity contribution in [3.63, 3.8) is 0 Å². The van der Waals surface area contributed by atoms with Crippen molar-refractivity contribution in [3.8, 4) is 28.8 Å². The van der Waals surface area contributed by atoms with E-state index in [0.29, 0.717) is 67.7 Å². The molecule has 1 saturated heterocycles. The zero-order valence-electron chi connectivity index (χ0n) is 27.9. The number of anilines is 2. The van der Waals surface area contributed by atoms with E-state index in [4.69, 9.17) is 29.2 Å². The highest BCUT2D eigenvalue weighted by molar-refractivity contribution is 5.67. The van der Waals surface area contributed by atoms with Crippen LogP contribution < -0.4 is 14.8 Å². The summed E-state index contributed by atoms with van der Waals surface area (Å²) in [4.78, 5) is 15.7. The standard InChI is InChI=1S/C34H44N10O5/c1-25(21-43-24-36-23-39-43)49-32-17-26(3-4-27(32)18-35)28-19-37-34(38-20-28)40-31-22-44(41-33(31)48-13-2-12-46-16-11-45)30-7-5-29(6-8-30)42-9-14-47-15-10-42/h3-4,17,19-20,22-25,29-30,45H,2,5-16,21H2,1H3,(H,37,38,40)/t25-,29?,30?/m0/s1. The van der Waals surface area contributed by atoms with Gasteiger partial charge in [-0.25, -0.2) is 19.6 Å². The summed E-state index contributed by atoms with van der Waals surface area (Å²) in [5, 5.41) is 30.9. The maximum Gasteiger partial charge on any atom is 0.256 e. The van der Waals surface area contributed by atoms with Gasteiger partial charge in [-0.2, -0.15) is 10.4 Å². The van der Waals surface area contributed by atoms with Crippen LogP contribution in [0.1, 0.15) is 50.6 Å². The minimum atomic E-state index is -0.239. The molecule has 2 N–H and O–H groups in total. The SMILES string of the molecule is C[C@@H](Cn1cncn1)Oc1cc(-c2cnc(Nc3cn(C4CCC(N5CCOCC5)CC4)nc3OCCCOCCO)nc2)ccc1C#N. The monoisotopic (exact) mass is 672 g/mol. The number of nitrogens with zero attached hydrogens (tertiary/aromatic N) is 9. The van der Waals surface area contributed by atoms with Crippen molar-refractivity contribution >= 4 is 11.6 Å². The van der Waals surface area contributed by atoms with E-state index in [9.17, 15) is 5.26 Å². The number of aliphatic hydroxyl groups is 1. The van der Waals surface area contributed by atoms with Crippen molar-refractivity contribution in [2.24, 2.45) is 0 Å². The lowest BCUT2D eigenvalue weighted by molar-refractivity contribution is 0.00502. The highest BCUT2D eigenvalue weighted by Gasteiger charge is 2.29. The van der Waals surface area contributed by atoms with Gasteiger partial charge in [0, 0.05) is 50.1 Å². The van der Waals surface area contributed by atoms with Gasteiger partial charge in [0.2, 0.25) is 5.95 Å². The zero-order chi connectivity index (χ0) is 33.8. The van der Waals surface area contributed by atoms with E-state index in [2.05, 4.69) is 36.3 Å². The van der Waals surface area contributed by atoms with Gasteiger partial charge in [0.25, 0.3) is 5.88 Å². The Morgan fingerprint density at radius 3 is 2.59 bits per heavy atom. The van der Waals surface area contributed by atoms with Crippen LogP contribution in [0.25, 0.3) is 11.1 Å². The molecule has 0 radical (unpaired) electrons. The Kier molecular flexibility index (Phi) is 12.0. The number of hydrogen-bond donors (Lipinski definition) is 2. The molecule has 2 fully saturated rings. The smallest absolute Gasteiger partial charge is 0.256 e. The van der Waals surface area contributed by atoms with Crippen LogP contribution in [0.3, 0.4) is 0 Å². The zero-order valence-corrected chi connectivity index (χ0v) is 27.9. The molecule has 4 heterocycles. The fourth-order valence-corrected chi connectivity index (χ4v) is 6.28. The van der Waals surface area contributed by atoms with Crippen LogP contribution in [0.5, 0.6) is 11.6 Å². The van der Waals surface area contributed by atoms with Crippen LogP contribution in [0.15, 0.2) is 49.4 Å². The number of aromatic nitrogens is 7. The molecule has 4 aromatic rings. The number of ether oxygens (including phenoxy) is 4. The molecule has 15 nitrogen and oxygen atoms in total. The predicted molar refractivity (Wildman–Crippen MR) is 180 cm³/mol. The second-order valence-corrected chi connectivity index (χ2v) is 12.3. The molecule has 1 aliphatic carbocycles. The Balaban J connectivity index is 1.12. The van der Waals surface area contributed by atoms with Crippen molar-refractivity contribution in [3.05, 3.63) is 55.0 Å². The molecule has 1 aromatic carbocycles. The number of hydrogen-bond acceptors (Lipinski definition) is 13. The number of nitrogens with one attached hydrogen (secondary N) is 1. The molecule has 260 valence electrons. The first kappa shape index (κ1) is 34.3. The Morgan fingerprint density at radius 1 is 1.06 bits per heavy atom. The van der Waals surface area contributed by atoms with Gasteiger partial charge in [-0.3, -0.25) is 9.58 Å². The second-order valence-electron chi connectivity index (χ2n) is 12.3. The van der Waals surface area contributed by atoms with Gasteiger partial charge in [-0.1, -0.05) is 6.07 Å². The van der Waals surface area contributed by atoms with Crippen LogP contribution >= 0.6 is 0 Å². The Bertz CT molecular complexity index is 1630. The van der Waals surface area contributed by atoms with Crippen LogP contribution in [0.4, 0.5) is 11.6 Å². The van der Waals surface area contributed by atoms with Gasteiger partial charge in [-0.15, -0.1) is 5.10 Å². The van der Waals surface area contributed by atoms with E-state index in [1.54, 1.807) is 29.5 Å². The van der Waals surface area contributed by atoms with Crippen molar-refractivity contribution in [1.29, 1.82) is 5.26 Å². The van der Waals surface area contributed by atoms with Crippen molar-refractivity contribution in [2.45, 2.75) is 63.8 Å². The van der Waals surface area contributed by atoms with Crippen molar-refractivity contribution < 1.29 is 24.1 Å². The lowest BCUT2D eigenvalue weighted by Gasteiger charge is -2.38. The quantitative estimate of drug-likeness (QED) is 0.166. The third kappa shape index (κ3) is 9.30. The summed E-state index contributed by atoms with van der Waals surface area (Å²) in [6.45, 7) is 7.27. The van der Waals surface area contributed by atoms with Gasteiger partial charge in [0.1, 0.15) is 36.3 Å². The van der Waals surface area contributed by atoms with E-state index in [0.717, 1.165) is 63.1 Å². The number of aliphatic hydroxyl groups excluding tert-OH is 1. The van der Waals surface area contributed by atoms with Gasteiger partial charge in [0.05, 0.1) is 57.4 Å². The van der Waals surface area contributed by atoms with Gasteiger partial charge in [0.15, 0.2) is 0 Å². The molecule has 0 spiro atoms. The molecule has 49 heavy (non-hydrogen) atoms. The Morgan fingerprint density at radius 2 is 1.86 bits per heavy atom. The van der Waals surface area contributed by atoms with Crippen LogP contribution in [-0.2, 0) is 16.0 Å². The van der Waals surface area contributed by atoms with E-state index in [1.807, 2.05) is 29.9 Å². The molecule has 0 amide bonds. The first-order valence-electron chi connectivity index (χ1n) is 16.9. The van der Waals surface area contributed by atoms with E-state index in [-0.39, 0.29) is 18.8 Å². The summed E-state index contributed by atoms with van der Waals surface area (Å²) in [5.74, 6) is 1.37. The highest BCUT2D eigenvalue weighted by Crippen LogP contribution is 2.35. The Labute approximate surface area is 285 Å². The molecular formula is C34H44N10O5. The average molecular weight is 673 g/mol. The topological polar surface area (TPSA) is 171 Å². The summed E-state index contributed by atoms with van der Waals surface area (Å²) in [6.07, 6.45) is 13.3. The first-order chi connectivity index (χ1) is 24.1. The summed E-state index contributed by atoms with van der Waals surface area (Å²) in [7, 11) is 0. The minimum Gasteiger partial charge on any atom is -0.487 e. The van der Waals surface area contributed by atoms with Crippen molar-refractivity contribution in [2.75, 3.05) is 58.0 Å². The van der Waals surface area contributed by atoms with Crippen molar-refractivity contribution in [1.82, 2.24) is 39.4 Å². The van der Waals surface area contributed by atoms with Gasteiger partial charge in [-0.05, 0) is 50.3 Å². The minimum absolute atomic E-state index is 0.00386. The lowest BCUT2D eigenvalue weighted by atomic mass is 9.90. The number of benzene rings is 1. The average Bonchev–Trinajstić information content (AvgIpc) is 3.80. The maximum atomic E-state index is 9.67. The largest absolute Gasteiger partial charge is 0.487 e. The van der Waals surface area contributed by atoms with E-state index < -0.39 is 0 Å². The third-order valence-corrected chi connectivity index (χ3v) is 8.78. The first-order valence-corrected chi connectivity index (χ1v) is 16.9. The molecular weight excluding hydrogens is 628 g/mol. The fraction of sp³-hybridized carbons (Fsp3) is 0.529. The molecule has 1 saturated carbocycles. The predicted octanol–water partition coefficient (Wildman–Crippen LogP) is 3.61. The second kappa shape index (κ2) is 17.2. The molecule has 2 aliphatic rings. The number of nitriles is 1. The number of morpholine rings is 1. The normalized spacial score (nSPS) is 18.9. The maximum absolute atomic E-state index is 9.67. The third-order valence-electron chi connectivity index (χ3n) is 8.78. The number of rotatable bonds is 16. The van der Waals surface area contributed by atoms with Gasteiger partial charge >= 0.3 is 0 Å². The fourth-order valence-electron chi connectivity index (χ4n) is 6.28. The molecule has 0 bridgehead atoms. The summed E-state index contributed by atoms with van der Waals surface area (Å²) >= 11 is 0. The molecule has 0 unspecified atom stereocenters.